The van der Waals surface area contributed by atoms with Gasteiger partial charge in [0.1, 0.15) is 0 Å². The number of methoxy groups -OCH3 is 1. The molecule has 0 atom stereocenters. The third-order valence-corrected chi connectivity index (χ3v) is 3.07. The zero-order valence-electron chi connectivity index (χ0n) is 11.3. The van der Waals surface area contributed by atoms with E-state index in [0.717, 1.165) is 17.4 Å². The molecule has 0 bridgehead atoms. The van der Waals surface area contributed by atoms with Gasteiger partial charge in [0.05, 0.1) is 7.11 Å². The molecule has 0 fully saturated rings. The van der Waals surface area contributed by atoms with Crippen LogP contribution in [-0.2, 0) is 22.5 Å². The van der Waals surface area contributed by atoms with E-state index in [1.807, 2.05) is 24.3 Å². The van der Waals surface area contributed by atoms with Gasteiger partial charge in [-0.1, -0.05) is 24.3 Å². The number of rotatable bonds is 6. The largest absolute Gasteiger partial charge is 0.469 e. The van der Waals surface area contributed by atoms with E-state index in [9.17, 15) is 9.59 Å². The lowest BCUT2D eigenvalue weighted by Crippen LogP contribution is -2.04. The summed E-state index contributed by atoms with van der Waals surface area (Å²) in [5.74, 6) is 0.211. The highest BCUT2D eigenvalue weighted by Crippen LogP contribution is 2.09. The maximum absolute atomic E-state index is 11.1. The minimum Gasteiger partial charge on any atom is -0.469 e. The van der Waals surface area contributed by atoms with Crippen LogP contribution in [0.3, 0.4) is 0 Å². The molecule has 0 amide bonds. The molecule has 2 aromatic rings. The van der Waals surface area contributed by atoms with E-state index >= 15 is 0 Å². The molecule has 1 aromatic heterocycles. The van der Waals surface area contributed by atoms with Gasteiger partial charge >= 0.3 is 5.97 Å². The molecular formula is C15H16N2O3. The fraction of sp³-hybridized carbons (Fsp3) is 0.267. The highest BCUT2D eigenvalue weighted by atomic mass is 16.5. The Kier molecular flexibility index (Phi) is 4.65. The third-order valence-electron chi connectivity index (χ3n) is 3.07. The van der Waals surface area contributed by atoms with E-state index in [1.54, 1.807) is 17.0 Å². The van der Waals surface area contributed by atoms with Crippen LogP contribution in [0.4, 0.5) is 0 Å². The number of ether oxygens (including phenoxy) is 1. The zero-order valence-corrected chi connectivity index (χ0v) is 11.3. The van der Waals surface area contributed by atoms with Crippen molar-refractivity contribution in [2.75, 3.05) is 7.11 Å². The van der Waals surface area contributed by atoms with Crippen molar-refractivity contribution in [3.8, 4) is 0 Å². The lowest BCUT2D eigenvalue weighted by molar-refractivity contribution is -0.140. The van der Waals surface area contributed by atoms with Gasteiger partial charge in [-0.15, -0.1) is 0 Å². The van der Waals surface area contributed by atoms with Crippen LogP contribution in [0, 0.1) is 0 Å². The van der Waals surface area contributed by atoms with Crippen LogP contribution < -0.4 is 0 Å². The number of benzene rings is 1. The highest BCUT2D eigenvalue weighted by molar-refractivity contribution is 5.69. The first-order valence-corrected chi connectivity index (χ1v) is 6.34. The minimum atomic E-state index is -0.205. The predicted octanol–water partition coefficient (Wildman–Crippen LogP) is 1.85. The maximum Gasteiger partial charge on any atom is 0.305 e. The van der Waals surface area contributed by atoms with Crippen LogP contribution in [0.1, 0.15) is 28.2 Å². The average Bonchev–Trinajstić information content (AvgIpc) is 2.93. The Bertz CT molecular complexity index is 587. The van der Waals surface area contributed by atoms with E-state index in [-0.39, 0.29) is 5.97 Å². The Morgan fingerprint density at radius 2 is 2.00 bits per heavy atom. The van der Waals surface area contributed by atoms with Crippen molar-refractivity contribution < 1.29 is 14.3 Å². The van der Waals surface area contributed by atoms with Crippen molar-refractivity contribution in [3.63, 3.8) is 0 Å². The number of imidazole rings is 1. The van der Waals surface area contributed by atoms with E-state index in [4.69, 9.17) is 0 Å². The number of aromatic nitrogens is 2. The summed E-state index contributed by atoms with van der Waals surface area (Å²) in [4.78, 5) is 25.8. The second-order valence-electron chi connectivity index (χ2n) is 4.42. The Labute approximate surface area is 117 Å². The van der Waals surface area contributed by atoms with Gasteiger partial charge in [0, 0.05) is 25.4 Å². The second-order valence-corrected chi connectivity index (χ2v) is 4.42. The lowest BCUT2D eigenvalue weighted by atomic mass is 10.1. The number of hydrogen-bond acceptors (Lipinski definition) is 4. The molecule has 1 aromatic carbocycles. The minimum absolute atomic E-state index is 0.205. The van der Waals surface area contributed by atoms with Gasteiger partial charge in [0.25, 0.3) is 0 Å². The molecule has 0 saturated carbocycles. The molecule has 5 nitrogen and oxygen atoms in total. The van der Waals surface area contributed by atoms with Crippen LogP contribution in [0.2, 0.25) is 0 Å². The zero-order chi connectivity index (χ0) is 14.4. The van der Waals surface area contributed by atoms with Crippen LogP contribution >= 0.6 is 0 Å². The van der Waals surface area contributed by atoms with Crippen LogP contribution in [0.5, 0.6) is 0 Å². The molecule has 0 aliphatic carbocycles. The average molecular weight is 272 g/mol. The molecule has 0 N–H and O–H groups in total. The molecule has 0 unspecified atom stereocenters. The number of hydrogen-bond donors (Lipinski definition) is 0. The molecule has 0 saturated heterocycles. The summed E-state index contributed by atoms with van der Waals surface area (Å²) in [5.41, 5.74) is 2.16. The molecule has 2 rings (SSSR count). The number of aryl methyl sites for hydroxylation is 1. The predicted molar refractivity (Wildman–Crippen MR) is 73.5 cm³/mol. The second kappa shape index (κ2) is 6.65. The quantitative estimate of drug-likeness (QED) is 0.594. The molecule has 1 heterocycles. The smallest absolute Gasteiger partial charge is 0.305 e. The molecule has 0 aliphatic rings. The Hall–Kier alpha value is -2.43. The summed E-state index contributed by atoms with van der Waals surface area (Å²) in [7, 11) is 1.39. The molecule has 5 heteroatoms. The first kappa shape index (κ1) is 14.0. The Morgan fingerprint density at radius 1 is 1.30 bits per heavy atom. The standard InChI is InChI=1S/C15H16N2O3/c1-20-15(19)7-6-12-2-4-13(5-3-12)10-17-9-8-16-14(17)11-18/h2-5,8-9,11H,6-7,10H2,1H3. The van der Waals surface area contributed by atoms with E-state index < -0.39 is 0 Å². The number of aldehydes is 1. The number of carbonyl (C=O) groups excluding carboxylic acids is 2. The van der Waals surface area contributed by atoms with Crippen molar-refractivity contribution in [3.05, 3.63) is 53.6 Å². The molecule has 20 heavy (non-hydrogen) atoms. The van der Waals surface area contributed by atoms with Crippen LogP contribution in [0.15, 0.2) is 36.7 Å². The van der Waals surface area contributed by atoms with Gasteiger partial charge in [0.15, 0.2) is 12.1 Å². The number of nitrogens with zero attached hydrogens (tertiary/aromatic N) is 2. The highest BCUT2D eigenvalue weighted by Gasteiger charge is 2.04. The number of esters is 1. The van der Waals surface area contributed by atoms with Gasteiger partial charge in [-0.2, -0.15) is 0 Å². The summed E-state index contributed by atoms with van der Waals surface area (Å²) in [6, 6.07) is 7.94. The topological polar surface area (TPSA) is 61.2 Å². The summed E-state index contributed by atoms with van der Waals surface area (Å²) >= 11 is 0. The molecular weight excluding hydrogens is 256 g/mol. The van der Waals surface area contributed by atoms with Crippen molar-refractivity contribution in [1.29, 1.82) is 0 Å². The molecule has 0 aliphatic heterocycles. The van der Waals surface area contributed by atoms with Gasteiger partial charge < -0.3 is 9.30 Å². The fourth-order valence-corrected chi connectivity index (χ4v) is 1.93. The summed E-state index contributed by atoms with van der Waals surface area (Å²) in [5, 5.41) is 0. The Balaban J connectivity index is 1.98. The van der Waals surface area contributed by atoms with Crippen molar-refractivity contribution in [2.45, 2.75) is 19.4 Å². The summed E-state index contributed by atoms with van der Waals surface area (Å²) in [6.07, 6.45) is 5.17. The SMILES string of the molecule is COC(=O)CCc1ccc(Cn2ccnc2C=O)cc1. The van der Waals surface area contributed by atoms with Gasteiger partial charge in [-0.05, 0) is 17.5 Å². The molecule has 0 spiro atoms. The molecule has 0 radical (unpaired) electrons. The first-order chi connectivity index (χ1) is 9.72. The summed E-state index contributed by atoms with van der Waals surface area (Å²) < 4.78 is 6.40. The van der Waals surface area contributed by atoms with Gasteiger partial charge in [-0.3, -0.25) is 9.59 Å². The fourth-order valence-electron chi connectivity index (χ4n) is 1.93. The first-order valence-electron chi connectivity index (χ1n) is 6.34. The van der Waals surface area contributed by atoms with Gasteiger partial charge in [-0.25, -0.2) is 4.98 Å². The van der Waals surface area contributed by atoms with Crippen molar-refractivity contribution >= 4 is 12.3 Å². The molecule has 104 valence electrons. The third kappa shape index (κ3) is 3.54. The van der Waals surface area contributed by atoms with Crippen LogP contribution in [-0.4, -0.2) is 28.9 Å². The monoisotopic (exact) mass is 272 g/mol. The number of carbonyl (C=O) groups is 2. The van der Waals surface area contributed by atoms with Crippen molar-refractivity contribution in [2.24, 2.45) is 0 Å². The van der Waals surface area contributed by atoms with Gasteiger partial charge in [0.2, 0.25) is 0 Å². The lowest BCUT2D eigenvalue weighted by Gasteiger charge is -2.06. The summed E-state index contributed by atoms with van der Waals surface area (Å²) in [6.45, 7) is 0.603. The normalized spacial score (nSPS) is 10.2. The van der Waals surface area contributed by atoms with E-state index in [0.29, 0.717) is 25.2 Å². The Morgan fingerprint density at radius 3 is 2.65 bits per heavy atom. The van der Waals surface area contributed by atoms with Crippen molar-refractivity contribution in [1.82, 2.24) is 9.55 Å². The van der Waals surface area contributed by atoms with E-state index in [2.05, 4.69) is 9.72 Å². The van der Waals surface area contributed by atoms with E-state index in [1.165, 1.54) is 7.11 Å². The van der Waals surface area contributed by atoms with Crippen LogP contribution in [0.25, 0.3) is 0 Å². The maximum atomic E-state index is 11.1.